The minimum atomic E-state index is -1.84. The van der Waals surface area contributed by atoms with E-state index in [9.17, 15) is 30.0 Å². The van der Waals surface area contributed by atoms with E-state index in [-0.39, 0.29) is 17.0 Å². The SMILES string of the molecule is O=c1nc2n(CC(O)C(O)C(O)C(O)CO)c3ccc(Cl)cc3nc-2c(=O)[nH]1. The van der Waals surface area contributed by atoms with Gasteiger partial charge < -0.3 is 30.1 Å². The van der Waals surface area contributed by atoms with E-state index < -0.39 is 48.8 Å². The molecule has 11 nitrogen and oxygen atoms in total. The normalized spacial score (nSPS) is 16.2. The molecule has 0 aliphatic carbocycles. The zero-order valence-corrected chi connectivity index (χ0v) is 15.0. The molecule has 0 spiro atoms. The maximum Gasteiger partial charge on any atom is 0.349 e. The number of aromatic nitrogens is 4. The molecule has 0 saturated heterocycles. The third-order valence-electron chi connectivity index (χ3n) is 4.27. The molecule has 2 aliphatic heterocycles. The highest BCUT2D eigenvalue weighted by molar-refractivity contribution is 6.31. The van der Waals surface area contributed by atoms with Crippen LogP contribution < -0.4 is 11.2 Å². The van der Waals surface area contributed by atoms with Gasteiger partial charge in [-0.3, -0.25) is 9.78 Å². The van der Waals surface area contributed by atoms with Crippen LogP contribution in [0.2, 0.25) is 5.02 Å². The molecular weight excluding hydrogens is 396 g/mol. The highest BCUT2D eigenvalue weighted by Crippen LogP contribution is 2.24. The van der Waals surface area contributed by atoms with Gasteiger partial charge in [0.25, 0.3) is 5.56 Å². The van der Waals surface area contributed by atoms with E-state index in [1.807, 2.05) is 4.98 Å². The molecule has 12 heteroatoms. The van der Waals surface area contributed by atoms with Crippen molar-refractivity contribution in [1.82, 2.24) is 19.5 Å². The number of benzene rings is 1. The highest BCUT2D eigenvalue weighted by Gasteiger charge is 2.31. The summed E-state index contributed by atoms with van der Waals surface area (Å²) in [5.74, 6) is -0.146. The fourth-order valence-electron chi connectivity index (χ4n) is 2.82. The number of H-pyrrole nitrogens is 1. The van der Waals surface area contributed by atoms with E-state index in [1.54, 1.807) is 0 Å². The number of fused-ring (bicyclic) bond motifs is 2. The number of aromatic amines is 1. The lowest BCUT2D eigenvalue weighted by Crippen LogP contribution is -2.47. The minimum absolute atomic E-state index is 0.146. The molecule has 2 heterocycles. The van der Waals surface area contributed by atoms with E-state index in [1.165, 1.54) is 22.8 Å². The lowest BCUT2D eigenvalue weighted by molar-refractivity contribution is -0.117. The second-order valence-electron chi connectivity index (χ2n) is 6.20. The Morgan fingerprint density at radius 1 is 1.07 bits per heavy atom. The van der Waals surface area contributed by atoms with Crippen LogP contribution in [0.15, 0.2) is 27.8 Å². The number of halogens is 1. The summed E-state index contributed by atoms with van der Waals surface area (Å²) < 4.78 is 1.27. The second kappa shape index (κ2) is 7.91. The third-order valence-corrected chi connectivity index (χ3v) is 4.50. The van der Waals surface area contributed by atoms with E-state index in [2.05, 4.69) is 9.97 Å². The summed E-state index contributed by atoms with van der Waals surface area (Å²) in [5.41, 5.74) is -1.29. The molecule has 0 radical (unpaired) electrons. The van der Waals surface area contributed by atoms with Crippen LogP contribution in [-0.4, -0.2) is 76.1 Å². The van der Waals surface area contributed by atoms with Crippen molar-refractivity contribution in [1.29, 1.82) is 0 Å². The Balaban J connectivity index is 2.14. The maximum absolute atomic E-state index is 12.1. The Morgan fingerprint density at radius 2 is 1.75 bits per heavy atom. The van der Waals surface area contributed by atoms with E-state index in [0.717, 1.165) is 0 Å². The van der Waals surface area contributed by atoms with Crippen LogP contribution in [0.5, 0.6) is 0 Å². The van der Waals surface area contributed by atoms with Gasteiger partial charge in [0.2, 0.25) is 0 Å². The minimum Gasteiger partial charge on any atom is -0.394 e. The predicted octanol–water partition coefficient (Wildman–Crippen LogP) is -2.33. The third kappa shape index (κ3) is 3.76. The van der Waals surface area contributed by atoms with Crippen LogP contribution in [-0.2, 0) is 6.54 Å². The number of nitrogens with zero attached hydrogens (tertiary/aromatic N) is 3. The molecule has 3 rings (SSSR count). The second-order valence-corrected chi connectivity index (χ2v) is 6.63. The summed E-state index contributed by atoms with van der Waals surface area (Å²) in [6, 6.07) is 4.51. The maximum atomic E-state index is 12.1. The van der Waals surface area contributed by atoms with Crippen molar-refractivity contribution in [2.45, 2.75) is 31.0 Å². The van der Waals surface area contributed by atoms with Crippen molar-refractivity contribution in [3.8, 4) is 11.5 Å². The van der Waals surface area contributed by atoms with Crippen LogP contribution in [0.3, 0.4) is 0 Å². The Hall–Kier alpha value is -2.41. The summed E-state index contributed by atoms with van der Waals surface area (Å²) in [6.45, 7) is -1.24. The van der Waals surface area contributed by atoms with Gasteiger partial charge in [-0.05, 0) is 18.2 Å². The van der Waals surface area contributed by atoms with Crippen LogP contribution in [0.4, 0.5) is 0 Å². The molecule has 28 heavy (non-hydrogen) atoms. The number of aliphatic hydroxyl groups is 5. The summed E-state index contributed by atoms with van der Waals surface area (Å²) >= 11 is 5.96. The molecule has 4 unspecified atom stereocenters. The molecule has 2 aliphatic rings. The van der Waals surface area contributed by atoms with Gasteiger partial charge >= 0.3 is 5.69 Å². The molecule has 0 fully saturated rings. The smallest absolute Gasteiger partial charge is 0.349 e. The fourth-order valence-corrected chi connectivity index (χ4v) is 2.98. The van der Waals surface area contributed by atoms with Gasteiger partial charge in [-0.25, -0.2) is 9.78 Å². The molecule has 4 atom stereocenters. The highest BCUT2D eigenvalue weighted by atomic mass is 35.5. The van der Waals surface area contributed by atoms with E-state index >= 15 is 0 Å². The molecule has 0 aromatic heterocycles. The number of nitrogens with one attached hydrogen (secondary N) is 1. The Bertz CT molecular complexity index is 1080. The summed E-state index contributed by atoms with van der Waals surface area (Å²) in [5, 5.41) is 48.9. The van der Waals surface area contributed by atoms with Gasteiger partial charge in [0.1, 0.15) is 24.4 Å². The van der Waals surface area contributed by atoms with Gasteiger partial charge in [0.05, 0.1) is 24.2 Å². The molecule has 150 valence electrons. The van der Waals surface area contributed by atoms with Crippen molar-refractivity contribution in [2.24, 2.45) is 0 Å². The van der Waals surface area contributed by atoms with Crippen LogP contribution in [0.1, 0.15) is 0 Å². The first-order valence-electron chi connectivity index (χ1n) is 8.16. The van der Waals surface area contributed by atoms with Gasteiger partial charge in [-0.1, -0.05) is 11.6 Å². The van der Waals surface area contributed by atoms with Crippen molar-refractivity contribution >= 4 is 22.6 Å². The van der Waals surface area contributed by atoms with Crippen LogP contribution in [0, 0.1) is 0 Å². The molecule has 0 amide bonds. The Morgan fingerprint density at radius 3 is 2.43 bits per heavy atom. The van der Waals surface area contributed by atoms with Gasteiger partial charge in [-0.2, -0.15) is 4.98 Å². The van der Waals surface area contributed by atoms with Crippen molar-refractivity contribution in [3.05, 3.63) is 44.1 Å². The molecular formula is C16H17ClN4O7. The monoisotopic (exact) mass is 412 g/mol. The first-order valence-corrected chi connectivity index (χ1v) is 8.54. The predicted molar refractivity (Wildman–Crippen MR) is 97.2 cm³/mol. The van der Waals surface area contributed by atoms with E-state index in [4.69, 9.17) is 16.7 Å². The lowest BCUT2D eigenvalue weighted by atomic mass is 10.0. The van der Waals surface area contributed by atoms with Gasteiger partial charge in [0.15, 0.2) is 11.5 Å². The zero-order valence-electron chi connectivity index (χ0n) is 14.2. The van der Waals surface area contributed by atoms with Crippen molar-refractivity contribution < 1.29 is 25.5 Å². The van der Waals surface area contributed by atoms with Gasteiger partial charge in [-0.15, -0.1) is 0 Å². The quantitative estimate of drug-likeness (QED) is 0.242. The Labute approximate surface area is 161 Å². The summed E-state index contributed by atoms with van der Waals surface area (Å²) in [6.07, 6.45) is -7.00. The molecule has 0 bridgehead atoms. The number of aliphatic hydroxyl groups excluding tert-OH is 5. The molecule has 6 N–H and O–H groups in total. The van der Waals surface area contributed by atoms with Crippen molar-refractivity contribution in [2.75, 3.05) is 6.61 Å². The largest absolute Gasteiger partial charge is 0.394 e. The number of hydrogen-bond donors (Lipinski definition) is 6. The molecule has 1 aromatic carbocycles. The summed E-state index contributed by atoms with van der Waals surface area (Å²) in [7, 11) is 0. The lowest BCUT2D eigenvalue weighted by Gasteiger charge is -2.27. The first-order chi connectivity index (χ1) is 13.2. The number of rotatable bonds is 6. The molecule has 0 saturated carbocycles. The van der Waals surface area contributed by atoms with Gasteiger partial charge in [0, 0.05) is 5.02 Å². The first kappa shape index (κ1) is 20.3. The number of hydrogen-bond acceptors (Lipinski definition) is 9. The average molecular weight is 413 g/mol. The van der Waals surface area contributed by atoms with Crippen LogP contribution >= 0.6 is 11.6 Å². The Kier molecular flexibility index (Phi) is 5.74. The van der Waals surface area contributed by atoms with Crippen molar-refractivity contribution in [3.63, 3.8) is 0 Å². The zero-order chi connectivity index (χ0) is 20.6. The van der Waals surface area contributed by atoms with E-state index in [0.29, 0.717) is 10.5 Å². The topological polar surface area (TPSA) is 182 Å². The molecule has 1 aromatic rings. The van der Waals surface area contributed by atoms with Crippen LogP contribution in [0.25, 0.3) is 22.6 Å². The summed E-state index contributed by atoms with van der Waals surface area (Å²) in [4.78, 5) is 33.7. The average Bonchev–Trinajstić information content (AvgIpc) is 2.66. The fraction of sp³-hybridized carbons (Fsp3) is 0.375. The standard InChI is InChI=1S/C16H17ClN4O7/c17-6-1-2-8-7(3-6)18-11-14(19-16(28)20-15(11)27)21(8)4-9(23)12(25)13(26)10(24)5-22/h1-3,9-10,12-13,22-26H,4-5H2,(H,20,27,28).